The van der Waals surface area contributed by atoms with Crippen LogP contribution in [0, 0.1) is 0 Å². The van der Waals surface area contributed by atoms with Crippen molar-refractivity contribution in [2.24, 2.45) is 0 Å². The van der Waals surface area contributed by atoms with Gasteiger partial charge in [-0.1, -0.05) is 90.9 Å². The molecule has 0 atom stereocenters. The Balaban J connectivity index is 2.95. The van der Waals surface area contributed by atoms with Crippen molar-refractivity contribution in [3.8, 4) is 0 Å². The van der Waals surface area contributed by atoms with E-state index >= 15 is 0 Å². The van der Waals surface area contributed by atoms with Gasteiger partial charge in [-0.25, -0.2) is 0 Å². The van der Waals surface area contributed by atoms with Crippen LogP contribution in [0.25, 0.3) is 0 Å². The SMILES string of the molecule is CCCCCCCCCOCCCSCCCOCCCCCCCCC. The highest BCUT2D eigenvalue weighted by atomic mass is 32.2. The summed E-state index contributed by atoms with van der Waals surface area (Å²) in [6, 6.07) is 0. The Kier molecular flexibility index (Phi) is 26.5. The summed E-state index contributed by atoms with van der Waals surface area (Å²) in [4.78, 5) is 0. The lowest BCUT2D eigenvalue weighted by molar-refractivity contribution is 0.130. The molecular formula is C24H50O2S. The monoisotopic (exact) mass is 402 g/mol. The number of thioether (sulfide) groups is 1. The van der Waals surface area contributed by atoms with Crippen molar-refractivity contribution in [2.75, 3.05) is 37.9 Å². The molecule has 0 aromatic heterocycles. The van der Waals surface area contributed by atoms with E-state index in [4.69, 9.17) is 9.47 Å². The van der Waals surface area contributed by atoms with Gasteiger partial charge in [0.25, 0.3) is 0 Å². The second kappa shape index (κ2) is 26.3. The predicted molar refractivity (Wildman–Crippen MR) is 124 cm³/mol. The first-order chi connectivity index (χ1) is 13.4. The average Bonchev–Trinajstić information content (AvgIpc) is 2.68. The van der Waals surface area contributed by atoms with Gasteiger partial charge in [-0.2, -0.15) is 11.8 Å². The molecule has 27 heavy (non-hydrogen) atoms. The molecule has 3 heteroatoms. The van der Waals surface area contributed by atoms with Crippen molar-refractivity contribution < 1.29 is 9.47 Å². The minimum absolute atomic E-state index is 0.942. The van der Waals surface area contributed by atoms with E-state index in [1.54, 1.807) is 0 Å². The number of hydrogen-bond acceptors (Lipinski definition) is 3. The second-order valence-corrected chi connectivity index (χ2v) is 9.01. The molecule has 0 aromatic rings. The molecule has 0 fully saturated rings. The zero-order valence-corrected chi connectivity index (χ0v) is 19.6. The molecule has 0 aromatic carbocycles. The van der Waals surface area contributed by atoms with E-state index in [0.717, 1.165) is 26.4 Å². The smallest absolute Gasteiger partial charge is 0.0473 e. The number of rotatable bonds is 24. The van der Waals surface area contributed by atoms with E-state index in [9.17, 15) is 0 Å². The molecule has 0 N–H and O–H groups in total. The largest absolute Gasteiger partial charge is 0.381 e. The molecule has 0 spiro atoms. The molecule has 0 saturated carbocycles. The minimum atomic E-state index is 0.942. The fourth-order valence-corrected chi connectivity index (χ4v) is 4.00. The summed E-state index contributed by atoms with van der Waals surface area (Å²) < 4.78 is 11.5. The minimum Gasteiger partial charge on any atom is -0.381 e. The van der Waals surface area contributed by atoms with E-state index in [0.29, 0.717) is 0 Å². The predicted octanol–water partition coefficient (Wildman–Crippen LogP) is 8.03. The van der Waals surface area contributed by atoms with E-state index in [-0.39, 0.29) is 0 Å². The first-order valence-corrected chi connectivity index (χ1v) is 13.3. The Morgan fingerprint density at radius 3 is 1.15 bits per heavy atom. The maximum atomic E-state index is 5.74. The van der Waals surface area contributed by atoms with Crippen LogP contribution < -0.4 is 0 Å². The number of ether oxygens (including phenoxy) is 2. The van der Waals surface area contributed by atoms with Gasteiger partial charge in [-0.05, 0) is 37.2 Å². The highest BCUT2D eigenvalue weighted by Crippen LogP contribution is 2.09. The maximum Gasteiger partial charge on any atom is 0.0473 e. The van der Waals surface area contributed by atoms with Crippen LogP contribution in [-0.2, 0) is 9.47 Å². The molecule has 0 saturated heterocycles. The van der Waals surface area contributed by atoms with Crippen molar-refractivity contribution in [2.45, 2.75) is 117 Å². The molecule has 0 radical (unpaired) electrons. The first kappa shape index (κ1) is 27.3. The van der Waals surface area contributed by atoms with Gasteiger partial charge in [0.1, 0.15) is 0 Å². The quantitative estimate of drug-likeness (QED) is 0.152. The highest BCUT2D eigenvalue weighted by molar-refractivity contribution is 7.99. The van der Waals surface area contributed by atoms with Gasteiger partial charge in [-0.15, -0.1) is 0 Å². The van der Waals surface area contributed by atoms with Gasteiger partial charge in [0.2, 0.25) is 0 Å². The van der Waals surface area contributed by atoms with Gasteiger partial charge in [0.05, 0.1) is 0 Å². The van der Waals surface area contributed by atoms with E-state index in [2.05, 4.69) is 25.6 Å². The Morgan fingerprint density at radius 2 is 0.741 bits per heavy atom. The Morgan fingerprint density at radius 1 is 0.407 bits per heavy atom. The highest BCUT2D eigenvalue weighted by Gasteiger charge is 1.95. The molecule has 2 nitrogen and oxygen atoms in total. The van der Waals surface area contributed by atoms with Crippen LogP contribution in [0.2, 0.25) is 0 Å². The summed E-state index contributed by atoms with van der Waals surface area (Å²) in [6.45, 7) is 8.36. The van der Waals surface area contributed by atoms with Gasteiger partial charge in [0.15, 0.2) is 0 Å². The van der Waals surface area contributed by atoms with Crippen molar-refractivity contribution in [3.63, 3.8) is 0 Å². The van der Waals surface area contributed by atoms with Crippen LogP contribution >= 0.6 is 11.8 Å². The van der Waals surface area contributed by atoms with Crippen LogP contribution in [0.4, 0.5) is 0 Å². The maximum absolute atomic E-state index is 5.74. The molecule has 0 aliphatic carbocycles. The summed E-state index contributed by atoms with van der Waals surface area (Å²) in [7, 11) is 0. The van der Waals surface area contributed by atoms with Crippen LogP contribution in [0.15, 0.2) is 0 Å². The molecular weight excluding hydrogens is 352 g/mol. The molecule has 164 valence electrons. The fraction of sp³-hybridized carbons (Fsp3) is 1.00. The molecule has 0 amide bonds. The van der Waals surface area contributed by atoms with E-state index < -0.39 is 0 Å². The zero-order chi connectivity index (χ0) is 19.7. The summed E-state index contributed by atoms with van der Waals surface area (Å²) >= 11 is 2.05. The molecule has 0 aliphatic heterocycles. The van der Waals surface area contributed by atoms with Gasteiger partial charge >= 0.3 is 0 Å². The van der Waals surface area contributed by atoms with E-state index in [1.807, 2.05) is 0 Å². The van der Waals surface area contributed by atoms with Crippen molar-refractivity contribution in [1.29, 1.82) is 0 Å². The third kappa shape index (κ3) is 26.3. The van der Waals surface area contributed by atoms with Gasteiger partial charge in [-0.3, -0.25) is 0 Å². The standard InChI is InChI=1S/C24H50O2S/c1-3-5-7-9-11-13-15-19-25-21-17-23-27-24-18-22-26-20-16-14-12-10-8-6-4-2/h3-24H2,1-2H3. The lowest BCUT2D eigenvalue weighted by Gasteiger charge is -2.06. The molecule has 0 bridgehead atoms. The van der Waals surface area contributed by atoms with Crippen LogP contribution in [0.3, 0.4) is 0 Å². The third-order valence-electron chi connectivity index (χ3n) is 4.94. The van der Waals surface area contributed by atoms with Crippen LogP contribution in [0.1, 0.15) is 117 Å². The fourth-order valence-electron chi connectivity index (χ4n) is 3.15. The van der Waals surface area contributed by atoms with Crippen molar-refractivity contribution >= 4 is 11.8 Å². The lowest BCUT2D eigenvalue weighted by Crippen LogP contribution is -2.00. The molecule has 0 unspecified atom stereocenters. The molecule has 0 aliphatic rings. The summed E-state index contributed by atoms with van der Waals surface area (Å²) in [5, 5.41) is 0. The van der Waals surface area contributed by atoms with E-state index in [1.165, 1.54) is 114 Å². The zero-order valence-electron chi connectivity index (χ0n) is 18.8. The third-order valence-corrected chi connectivity index (χ3v) is 6.09. The summed E-state index contributed by atoms with van der Waals surface area (Å²) in [5.41, 5.74) is 0. The molecule has 0 heterocycles. The lowest BCUT2D eigenvalue weighted by atomic mass is 10.1. The average molecular weight is 403 g/mol. The Bertz CT molecular complexity index is 225. The number of unbranched alkanes of at least 4 members (excludes halogenated alkanes) is 12. The topological polar surface area (TPSA) is 18.5 Å². The van der Waals surface area contributed by atoms with Crippen molar-refractivity contribution in [1.82, 2.24) is 0 Å². The molecule has 0 rings (SSSR count). The summed E-state index contributed by atoms with van der Waals surface area (Å²) in [5.74, 6) is 2.46. The van der Waals surface area contributed by atoms with Gasteiger partial charge < -0.3 is 9.47 Å². The normalized spacial score (nSPS) is 11.3. The second-order valence-electron chi connectivity index (χ2n) is 7.79. The number of hydrogen-bond donors (Lipinski definition) is 0. The van der Waals surface area contributed by atoms with Gasteiger partial charge in [0, 0.05) is 26.4 Å². The Hall–Kier alpha value is 0.270. The first-order valence-electron chi connectivity index (χ1n) is 12.1. The van der Waals surface area contributed by atoms with Crippen LogP contribution in [0.5, 0.6) is 0 Å². The van der Waals surface area contributed by atoms with Crippen molar-refractivity contribution in [3.05, 3.63) is 0 Å². The van der Waals surface area contributed by atoms with Crippen LogP contribution in [-0.4, -0.2) is 37.9 Å². The Labute approximate surface area is 175 Å². The summed E-state index contributed by atoms with van der Waals surface area (Å²) in [6.07, 6.45) is 21.5.